The number of aliphatic imine (C=N–C) groups is 1. The fraction of sp³-hybridized carbons (Fsp3) is 0.400. The lowest BCUT2D eigenvalue weighted by Crippen LogP contribution is -2.36. The normalized spacial score (nSPS) is 10.8. The Kier molecular flexibility index (Phi) is 7.03. The molecule has 0 aliphatic carbocycles. The SMILES string of the molecule is C=CCNC(=NC)NCc1ccc(OCC)c(OC)c1. The highest BCUT2D eigenvalue weighted by atomic mass is 16.5. The maximum absolute atomic E-state index is 5.49. The third kappa shape index (κ3) is 4.84. The van der Waals surface area contributed by atoms with E-state index in [4.69, 9.17) is 9.47 Å². The minimum atomic E-state index is 0.617. The predicted octanol–water partition coefficient (Wildman–Crippen LogP) is 1.94. The van der Waals surface area contributed by atoms with E-state index >= 15 is 0 Å². The number of nitrogens with one attached hydrogen (secondary N) is 2. The summed E-state index contributed by atoms with van der Waals surface area (Å²) < 4.78 is 10.8. The van der Waals surface area contributed by atoms with Crippen LogP contribution >= 0.6 is 0 Å². The van der Waals surface area contributed by atoms with Crippen molar-refractivity contribution in [3.63, 3.8) is 0 Å². The summed E-state index contributed by atoms with van der Waals surface area (Å²) in [5.41, 5.74) is 1.09. The van der Waals surface area contributed by atoms with Crippen molar-refractivity contribution in [2.75, 3.05) is 27.3 Å². The Morgan fingerprint density at radius 3 is 2.75 bits per heavy atom. The first-order valence-corrected chi connectivity index (χ1v) is 6.60. The van der Waals surface area contributed by atoms with E-state index in [1.807, 2.05) is 25.1 Å². The molecule has 0 spiro atoms. The van der Waals surface area contributed by atoms with Crippen LogP contribution in [-0.2, 0) is 6.54 Å². The molecule has 5 heteroatoms. The number of methoxy groups -OCH3 is 1. The predicted molar refractivity (Wildman–Crippen MR) is 82.6 cm³/mol. The average molecular weight is 277 g/mol. The van der Waals surface area contributed by atoms with Gasteiger partial charge in [0.25, 0.3) is 0 Å². The Morgan fingerprint density at radius 1 is 1.35 bits per heavy atom. The highest BCUT2D eigenvalue weighted by molar-refractivity contribution is 5.79. The number of guanidine groups is 1. The van der Waals surface area contributed by atoms with Gasteiger partial charge in [-0.3, -0.25) is 4.99 Å². The van der Waals surface area contributed by atoms with Gasteiger partial charge in [0.15, 0.2) is 17.5 Å². The molecule has 0 saturated carbocycles. The van der Waals surface area contributed by atoms with Crippen molar-refractivity contribution in [3.8, 4) is 11.5 Å². The summed E-state index contributed by atoms with van der Waals surface area (Å²) in [6.07, 6.45) is 1.78. The minimum Gasteiger partial charge on any atom is -0.493 e. The van der Waals surface area contributed by atoms with Crippen LogP contribution in [0.25, 0.3) is 0 Å². The van der Waals surface area contributed by atoms with Gasteiger partial charge < -0.3 is 20.1 Å². The molecule has 0 atom stereocenters. The number of rotatable bonds is 7. The van der Waals surface area contributed by atoms with E-state index in [1.54, 1.807) is 20.2 Å². The molecule has 5 nitrogen and oxygen atoms in total. The molecule has 0 fully saturated rings. The molecule has 1 aromatic carbocycles. The minimum absolute atomic E-state index is 0.617. The Morgan fingerprint density at radius 2 is 2.15 bits per heavy atom. The van der Waals surface area contributed by atoms with Gasteiger partial charge in [-0.2, -0.15) is 0 Å². The van der Waals surface area contributed by atoms with Crippen LogP contribution < -0.4 is 20.1 Å². The topological polar surface area (TPSA) is 54.9 Å². The van der Waals surface area contributed by atoms with Gasteiger partial charge in [-0.15, -0.1) is 6.58 Å². The van der Waals surface area contributed by atoms with Crippen LogP contribution in [-0.4, -0.2) is 33.3 Å². The number of hydrogen-bond acceptors (Lipinski definition) is 3. The molecule has 2 N–H and O–H groups in total. The largest absolute Gasteiger partial charge is 0.493 e. The van der Waals surface area contributed by atoms with Gasteiger partial charge in [0.2, 0.25) is 0 Å². The summed E-state index contributed by atoms with van der Waals surface area (Å²) in [5.74, 6) is 2.23. The van der Waals surface area contributed by atoms with Crippen molar-refractivity contribution in [2.24, 2.45) is 4.99 Å². The highest BCUT2D eigenvalue weighted by Gasteiger charge is 2.05. The van der Waals surface area contributed by atoms with E-state index in [2.05, 4.69) is 22.2 Å². The zero-order valence-corrected chi connectivity index (χ0v) is 12.4. The molecule has 0 aliphatic rings. The molecule has 0 bridgehead atoms. The maximum Gasteiger partial charge on any atom is 0.191 e. The second-order valence-corrected chi connectivity index (χ2v) is 4.01. The number of nitrogens with zero attached hydrogens (tertiary/aromatic N) is 1. The second-order valence-electron chi connectivity index (χ2n) is 4.01. The molecular weight excluding hydrogens is 254 g/mol. The van der Waals surface area contributed by atoms with Crippen LogP contribution in [0.4, 0.5) is 0 Å². The zero-order chi connectivity index (χ0) is 14.8. The Labute approximate surface area is 120 Å². The van der Waals surface area contributed by atoms with E-state index in [-0.39, 0.29) is 0 Å². The lowest BCUT2D eigenvalue weighted by molar-refractivity contribution is 0.310. The fourth-order valence-electron chi connectivity index (χ4n) is 1.67. The third-order valence-corrected chi connectivity index (χ3v) is 2.63. The first-order chi connectivity index (χ1) is 9.74. The summed E-state index contributed by atoms with van der Waals surface area (Å²) in [7, 11) is 3.37. The first-order valence-electron chi connectivity index (χ1n) is 6.60. The van der Waals surface area contributed by atoms with Gasteiger partial charge in [0, 0.05) is 20.1 Å². The van der Waals surface area contributed by atoms with Gasteiger partial charge in [-0.05, 0) is 24.6 Å². The molecule has 20 heavy (non-hydrogen) atoms. The Hall–Kier alpha value is -2.17. The third-order valence-electron chi connectivity index (χ3n) is 2.63. The molecule has 0 saturated heterocycles. The molecule has 0 radical (unpaired) electrons. The number of benzene rings is 1. The quantitative estimate of drug-likeness (QED) is 0.454. The van der Waals surface area contributed by atoms with E-state index in [9.17, 15) is 0 Å². The molecule has 0 amide bonds. The van der Waals surface area contributed by atoms with Crippen LogP contribution in [0.1, 0.15) is 12.5 Å². The van der Waals surface area contributed by atoms with Crippen molar-refractivity contribution >= 4 is 5.96 Å². The summed E-state index contributed by atoms with van der Waals surface area (Å²) in [5, 5.41) is 6.33. The molecule has 0 heterocycles. The molecule has 1 aromatic rings. The monoisotopic (exact) mass is 277 g/mol. The van der Waals surface area contributed by atoms with Crippen molar-refractivity contribution in [1.29, 1.82) is 0 Å². The van der Waals surface area contributed by atoms with Crippen molar-refractivity contribution in [3.05, 3.63) is 36.4 Å². The van der Waals surface area contributed by atoms with E-state index < -0.39 is 0 Å². The molecule has 0 unspecified atom stereocenters. The Bertz CT molecular complexity index is 458. The lowest BCUT2D eigenvalue weighted by atomic mass is 10.2. The smallest absolute Gasteiger partial charge is 0.191 e. The summed E-state index contributed by atoms with van der Waals surface area (Å²) >= 11 is 0. The zero-order valence-electron chi connectivity index (χ0n) is 12.4. The van der Waals surface area contributed by atoms with Gasteiger partial charge in [0.05, 0.1) is 13.7 Å². The molecule has 0 aromatic heterocycles. The average Bonchev–Trinajstić information content (AvgIpc) is 2.49. The molecule has 1 rings (SSSR count). The maximum atomic E-state index is 5.49. The summed E-state index contributed by atoms with van der Waals surface area (Å²) in [4.78, 5) is 4.12. The van der Waals surface area contributed by atoms with Crippen molar-refractivity contribution in [2.45, 2.75) is 13.5 Å². The van der Waals surface area contributed by atoms with Gasteiger partial charge in [-0.1, -0.05) is 12.1 Å². The number of ether oxygens (including phenoxy) is 2. The first kappa shape index (κ1) is 15.9. The van der Waals surface area contributed by atoms with Crippen LogP contribution in [0.2, 0.25) is 0 Å². The molecule has 0 aliphatic heterocycles. The van der Waals surface area contributed by atoms with Gasteiger partial charge in [-0.25, -0.2) is 0 Å². The van der Waals surface area contributed by atoms with Gasteiger partial charge >= 0.3 is 0 Å². The van der Waals surface area contributed by atoms with E-state index in [1.165, 1.54) is 0 Å². The van der Waals surface area contributed by atoms with Crippen LogP contribution in [0, 0.1) is 0 Å². The van der Waals surface area contributed by atoms with Crippen LogP contribution in [0.5, 0.6) is 11.5 Å². The number of hydrogen-bond donors (Lipinski definition) is 2. The Balaban J connectivity index is 2.66. The highest BCUT2D eigenvalue weighted by Crippen LogP contribution is 2.27. The summed E-state index contributed by atoms with van der Waals surface area (Å²) in [6, 6.07) is 5.87. The molecule has 110 valence electrons. The standard InChI is InChI=1S/C15H23N3O2/c1-5-9-17-15(16-3)18-11-12-7-8-13(20-6-2)14(10-12)19-4/h5,7-8,10H,1,6,9,11H2,2-4H3,(H2,16,17,18). The summed E-state index contributed by atoms with van der Waals surface area (Å²) in [6.45, 7) is 7.55. The lowest BCUT2D eigenvalue weighted by Gasteiger charge is -2.13. The van der Waals surface area contributed by atoms with E-state index in [0.29, 0.717) is 19.7 Å². The van der Waals surface area contributed by atoms with Crippen molar-refractivity contribution in [1.82, 2.24) is 10.6 Å². The van der Waals surface area contributed by atoms with Crippen LogP contribution in [0.15, 0.2) is 35.8 Å². The fourth-order valence-corrected chi connectivity index (χ4v) is 1.67. The van der Waals surface area contributed by atoms with Crippen molar-refractivity contribution < 1.29 is 9.47 Å². The second kappa shape index (κ2) is 8.85. The van der Waals surface area contributed by atoms with E-state index in [0.717, 1.165) is 23.0 Å². The van der Waals surface area contributed by atoms with Gasteiger partial charge in [0.1, 0.15) is 0 Å². The molecular formula is C15H23N3O2. The van der Waals surface area contributed by atoms with Crippen LogP contribution in [0.3, 0.4) is 0 Å².